The van der Waals surface area contributed by atoms with Crippen LogP contribution in [0.15, 0.2) is 41.4 Å². The van der Waals surface area contributed by atoms with Crippen molar-refractivity contribution in [2.75, 3.05) is 21.3 Å². The highest BCUT2D eigenvalue weighted by molar-refractivity contribution is 5.84. The molecule has 0 aliphatic rings. The van der Waals surface area contributed by atoms with Crippen LogP contribution in [-0.2, 0) is 0 Å². The summed E-state index contributed by atoms with van der Waals surface area (Å²) in [6.45, 7) is 0. The van der Waals surface area contributed by atoms with E-state index < -0.39 is 4.92 Å². The van der Waals surface area contributed by atoms with Gasteiger partial charge in [0.2, 0.25) is 5.75 Å². The lowest BCUT2D eigenvalue weighted by atomic mass is 10.2. The monoisotopic (exact) mass is 316 g/mol. The van der Waals surface area contributed by atoms with E-state index in [0.29, 0.717) is 28.5 Å². The predicted octanol–water partition coefficient (Wildman–Crippen LogP) is 3.37. The Labute approximate surface area is 133 Å². The molecule has 120 valence electrons. The number of hydrogen-bond donors (Lipinski definition) is 0. The Bertz CT molecular complexity index is 718. The summed E-state index contributed by atoms with van der Waals surface area (Å²) in [7, 11) is 4.58. The van der Waals surface area contributed by atoms with Gasteiger partial charge in [-0.1, -0.05) is 6.07 Å². The van der Waals surface area contributed by atoms with Gasteiger partial charge in [0.25, 0.3) is 5.69 Å². The predicted molar refractivity (Wildman–Crippen MR) is 86.4 cm³/mol. The quantitative estimate of drug-likeness (QED) is 0.463. The second-order valence-corrected chi connectivity index (χ2v) is 4.49. The maximum Gasteiger partial charge on any atom is 0.271 e. The van der Waals surface area contributed by atoms with Crippen molar-refractivity contribution in [3.8, 4) is 17.2 Å². The topological polar surface area (TPSA) is 83.2 Å². The minimum Gasteiger partial charge on any atom is -0.493 e. The highest BCUT2D eigenvalue weighted by atomic mass is 16.6. The van der Waals surface area contributed by atoms with Crippen LogP contribution >= 0.6 is 0 Å². The van der Waals surface area contributed by atoms with E-state index in [-0.39, 0.29) is 5.69 Å². The van der Waals surface area contributed by atoms with E-state index in [1.807, 2.05) is 0 Å². The SMILES string of the molecule is COc1cc(C=Nc2cccc([N+](=O)[O-])c2)cc(OC)c1OC. The smallest absolute Gasteiger partial charge is 0.271 e. The number of aliphatic imine (C=N–C) groups is 1. The Morgan fingerprint density at radius 2 is 1.70 bits per heavy atom. The van der Waals surface area contributed by atoms with Crippen LogP contribution in [0.3, 0.4) is 0 Å². The van der Waals surface area contributed by atoms with Gasteiger partial charge in [0.1, 0.15) is 0 Å². The molecule has 0 fully saturated rings. The van der Waals surface area contributed by atoms with Crippen molar-refractivity contribution < 1.29 is 19.1 Å². The van der Waals surface area contributed by atoms with Crippen molar-refractivity contribution in [1.82, 2.24) is 0 Å². The fraction of sp³-hybridized carbons (Fsp3) is 0.188. The van der Waals surface area contributed by atoms with Crippen LogP contribution in [0.4, 0.5) is 11.4 Å². The average molecular weight is 316 g/mol. The number of nitrogens with zero attached hydrogens (tertiary/aromatic N) is 2. The number of methoxy groups -OCH3 is 3. The Morgan fingerprint density at radius 3 is 2.22 bits per heavy atom. The molecular weight excluding hydrogens is 300 g/mol. The molecule has 0 aliphatic carbocycles. The summed E-state index contributed by atoms with van der Waals surface area (Å²) >= 11 is 0. The van der Waals surface area contributed by atoms with Gasteiger partial charge in [-0.3, -0.25) is 15.1 Å². The third-order valence-electron chi connectivity index (χ3n) is 3.09. The highest BCUT2D eigenvalue weighted by Crippen LogP contribution is 2.37. The highest BCUT2D eigenvalue weighted by Gasteiger charge is 2.12. The zero-order valence-corrected chi connectivity index (χ0v) is 13.0. The zero-order valence-electron chi connectivity index (χ0n) is 13.0. The first-order valence-corrected chi connectivity index (χ1v) is 6.67. The van der Waals surface area contributed by atoms with Crippen molar-refractivity contribution in [3.05, 3.63) is 52.1 Å². The molecule has 0 amide bonds. The maximum absolute atomic E-state index is 10.8. The summed E-state index contributed by atoms with van der Waals surface area (Å²) in [5.74, 6) is 1.50. The Kier molecular flexibility index (Phi) is 5.14. The van der Waals surface area contributed by atoms with Crippen LogP contribution in [0.2, 0.25) is 0 Å². The van der Waals surface area contributed by atoms with Gasteiger partial charge in [0, 0.05) is 23.9 Å². The third kappa shape index (κ3) is 3.76. The standard InChI is InChI=1S/C16H16N2O5/c1-21-14-7-11(8-15(22-2)16(14)23-3)10-17-12-5-4-6-13(9-12)18(19)20/h4-10H,1-3H3. The minimum absolute atomic E-state index is 0.00968. The molecule has 0 saturated heterocycles. The van der Waals surface area contributed by atoms with E-state index in [2.05, 4.69) is 4.99 Å². The van der Waals surface area contributed by atoms with E-state index in [1.54, 1.807) is 30.5 Å². The number of non-ortho nitro benzene ring substituents is 1. The van der Waals surface area contributed by atoms with Crippen molar-refractivity contribution in [3.63, 3.8) is 0 Å². The van der Waals surface area contributed by atoms with Crippen LogP contribution in [0.25, 0.3) is 0 Å². The Balaban J connectivity index is 2.36. The number of rotatable bonds is 6. The molecule has 2 aromatic rings. The largest absolute Gasteiger partial charge is 0.493 e. The van der Waals surface area contributed by atoms with Gasteiger partial charge in [-0.15, -0.1) is 0 Å². The molecule has 23 heavy (non-hydrogen) atoms. The molecule has 7 nitrogen and oxygen atoms in total. The van der Waals surface area contributed by atoms with E-state index in [0.717, 1.165) is 0 Å². The molecular formula is C16H16N2O5. The molecule has 0 N–H and O–H groups in total. The lowest BCUT2D eigenvalue weighted by Crippen LogP contribution is -1.96. The fourth-order valence-corrected chi connectivity index (χ4v) is 2.01. The van der Waals surface area contributed by atoms with Crippen LogP contribution in [0.1, 0.15) is 5.56 Å². The minimum atomic E-state index is -0.460. The van der Waals surface area contributed by atoms with Gasteiger partial charge in [0.15, 0.2) is 11.5 Å². The average Bonchev–Trinajstić information content (AvgIpc) is 2.59. The summed E-state index contributed by atoms with van der Waals surface area (Å²) in [5, 5.41) is 10.8. The van der Waals surface area contributed by atoms with Crippen molar-refractivity contribution >= 4 is 17.6 Å². The summed E-state index contributed by atoms with van der Waals surface area (Å²) < 4.78 is 15.8. The van der Waals surface area contributed by atoms with Gasteiger partial charge < -0.3 is 14.2 Å². The van der Waals surface area contributed by atoms with Gasteiger partial charge in [-0.25, -0.2) is 0 Å². The molecule has 0 spiro atoms. The van der Waals surface area contributed by atoms with Gasteiger partial charge in [0.05, 0.1) is 31.9 Å². The molecule has 0 unspecified atom stereocenters. The molecule has 2 aromatic carbocycles. The van der Waals surface area contributed by atoms with E-state index in [4.69, 9.17) is 14.2 Å². The molecule has 0 radical (unpaired) electrons. The van der Waals surface area contributed by atoms with E-state index >= 15 is 0 Å². The van der Waals surface area contributed by atoms with Crippen molar-refractivity contribution in [2.45, 2.75) is 0 Å². The molecule has 0 bridgehead atoms. The van der Waals surface area contributed by atoms with E-state index in [1.165, 1.54) is 33.5 Å². The van der Waals surface area contributed by atoms with Crippen molar-refractivity contribution in [1.29, 1.82) is 0 Å². The molecule has 0 heterocycles. The van der Waals surface area contributed by atoms with Gasteiger partial charge >= 0.3 is 0 Å². The number of nitro groups is 1. The Morgan fingerprint density at radius 1 is 1.04 bits per heavy atom. The molecule has 2 rings (SSSR count). The zero-order chi connectivity index (χ0) is 16.8. The summed E-state index contributed by atoms with van der Waals surface area (Å²) in [5.41, 5.74) is 1.18. The van der Waals surface area contributed by atoms with Crippen LogP contribution in [0, 0.1) is 10.1 Å². The molecule has 0 saturated carbocycles. The normalized spacial score (nSPS) is 10.6. The van der Waals surface area contributed by atoms with Crippen molar-refractivity contribution in [2.24, 2.45) is 4.99 Å². The molecule has 0 aliphatic heterocycles. The third-order valence-corrected chi connectivity index (χ3v) is 3.09. The number of benzene rings is 2. The lowest BCUT2D eigenvalue weighted by Gasteiger charge is -2.12. The van der Waals surface area contributed by atoms with Gasteiger partial charge in [-0.05, 0) is 18.2 Å². The van der Waals surface area contributed by atoms with Crippen LogP contribution in [0.5, 0.6) is 17.2 Å². The van der Waals surface area contributed by atoms with E-state index in [9.17, 15) is 10.1 Å². The summed E-state index contributed by atoms with van der Waals surface area (Å²) in [6.07, 6.45) is 1.57. The van der Waals surface area contributed by atoms with Gasteiger partial charge in [-0.2, -0.15) is 0 Å². The number of nitro benzene ring substituents is 1. The fourth-order valence-electron chi connectivity index (χ4n) is 2.01. The number of ether oxygens (including phenoxy) is 3. The molecule has 7 heteroatoms. The number of hydrogen-bond acceptors (Lipinski definition) is 6. The first kappa shape index (κ1) is 16.3. The first-order chi connectivity index (χ1) is 11.1. The van der Waals surface area contributed by atoms with Crippen LogP contribution in [-0.4, -0.2) is 32.5 Å². The second kappa shape index (κ2) is 7.26. The second-order valence-electron chi connectivity index (χ2n) is 4.49. The summed E-state index contributed by atoms with van der Waals surface area (Å²) in [6, 6.07) is 9.55. The molecule has 0 aromatic heterocycles. The lowest BCUT2D eigenvalue weighted by molar-refractivity contribution is -0.384. The molecule has 0 atom stereocenters. The first-order valence-electron chi connectivity index (χ1n) is 6.67. The Hall–Kier alpha value is -3.09. The maximum atomic E-state index is 10.8. The van der Waals surface area contributed by atoms with Crippen LogP contribution < -0.4 is 14.2 Å². The summed E-state index contributed by atoms with van der Waals surface area (Å²) in [4.78, 5) is 14.6.